The van der Waals surface area contributed by atoms with Gasteiger partial charge in [0.25, 0.3) is 0 Å². The minimum atomic E-state index is -0.155. The van der Waals surface area contributed by atoms with E-state index in [4.69, 9.17) is 11.6 Å². The molecule has 0 aromatic rings. The molecule has 0 saturated heterocycles. The molecule has 0 amide bonds. The fourth-order valence-electron chi connectivity index (χ4n) is 1.90. The lowest BCUT2D eigenvalue weighted by atomic mass is 10.1. The second-order valence-corrected chi connectivity index (χ2v) is 5.66. The molecule has 2 heteroatoms. The van der Waals surface area contributed by atoms with Gasteiger partial charge in [-0.3, -0.25) is 0 Å². The summed E-state index contributed by atoms with van der Waals surface area (Å²) >= 11 is 9.74. The van der Waals surface area contributed by atoms with Crippen LogP contribution >= 0.6 is 27.5 Å². The summed E-state index contributed by atoms with van der Waals surface area (Å²) in [6.07, 6.45) is 7.89. The molecule has 62 valence electrons. The average Bonchev–Trinajstić information content (AvgIpc) is 2.29. The highest BCUT2D eigenvalue weighted by Gasteiger charge is 2.48. The van der Waals surface area contributed by atoms with E-state index < -0.39 is 0 Å². The lowest BCUT2D eigenvalue weighted by Gasteiger charge is -1.99. The van der Waals surface area contributed by atoms with Crippen molar-refractivity contribution < 1.29 is 0 Å². The third-order valence-corrected chi connectivity index (χ3v) is 4.08. The predicted molar refractivity (Wildman–Crippen MR) is 52.2 cm³/mol. The molecule has 0 bridgehead atoms. The van der Waals surface area contributed by atoms with Crippen LogP contribution in [-0.4, -0.2) is 3.78 Å². The van der Waals surface area contributed by atoms with Crippen LogP contribution in [0.25, 0.3) is 0 Å². The van der Waals surface area contributed by atoms with Crippen molar-refractivity contribution in [3.63, 3.8) is 0 Å². The molecule has 0 nitrogen and oxygen atoms in total. The Hall–Kier alpha value is 0.510. The molecule has 0 N–H and O–H groups in total. The fourth-order valence-corrected chi connectivity index (χ4v) is 3.05. The van der Waals surface area contributed by atoms with Gasteiger partial charge in [-0.2, -0.15) is 0 Å². The summed E-state index contributed by atoms with van der Waals surface area (Å²) in [7, 11) is 0. The summed E-state index contributed by atoms with van der Waals surface area (Å²) in [5, 5.41) is 0. The molecule has 0 fully saturated rings. The van der Waals surface area contributed by atoms with Gasteiger partial charge in [0.15, 0.2) is 0 Å². The molecule has 0 spiro atoms. The number of halogens is 2. The van der Waals surface area contributed by atoms with Gasteiger partial charge in [-0.15, -0.1) is 0 Å². The molecule has 0 aliphatic heterocycles. The fraction of sp³-hybridized carbons (Fsp3) is 0.778. The van der Waals surface area contributed by atoms with Gasteiger partial charge in [0.2, 0.25) is 0 Å². The summed E-state index contributed by atoms with van der Waals surface area (Å²) in [6.45, 7) is 0. The third kappa shape index (κ3) is 1.38. The SMILES string of the molecule is ClC1(Br)C2=C1CCCCCC2. The number of alkyl halides is 2. The predicted octanol–water partition coefficient (Wildman–Crippen LogP) is 3.98. The van der Waals surface area contributed by atoms with E-state index in [1.54, 1.807) is 0 Å². The smallest absolute Gasteiger partial charge is 0.0968 e. The van der Waals surface area contributed by atoms with Gasteiger partial charge >= 0.3 is 0 Å². The van der Waals surface area contributed by atoms with Gasteiger partial charge in [-0.05, 0) is 36.8 Å². The van der Waals surface area contributed by atoms with Gasteiger partial charge < -0.3 is 0 Å². The maximum atomic E-state index is 6.20. The van der Waals surface area contributed by atoms with Crippen molar-refractivity contribution in [3.8, 4) is 0 Å². The summed E-state index contributed by atoms with van der Waals surface area (Å²) in [6, 6.07) is 0. The Bertz CT molecular complexity index is 186. The van der Waals surface area contributed by atoms with Crippen molar-refractivity contribution in [1.82, 2.24) is 0 Å². The molecular formula is C9H12BrCl. The Morgan fingerprint density at radius 3 is 1.91 bits per heavy atom. The molecule has 0 radical (unpaired) electrons. The van der Waals surface area contributed by atoms with Crippen LogP contribution in [0.5, 0.6) is 0 Å². The van der Waals surface area contributed by atoms with Gasteiger partial charge in [-0.1, -0.05) is 40.4 Å². The molecule has 0 aromatic heterocycles. The number of hydrogen-bond acceptors (Lipinski definition) is 0. The van der Waals surface area contributed by atoms with Gasteiger partial charge in [0, 0.05) is 0 Å². The van der Waals surface area contributed by atoms with Crippen molar-refractivity contribution in [1.29, 1.82) is 0 Å². The van der Waals surface area contributed by atoms with Crippen LogP contribution < -0.4 is 0 Å². The first-order valence-corrected chi connectivity index (χ1v) is 5.51. The molecular weight excluding hydrogens is 223 g/mol. The lowest BCUT2D eigenvalue weighted by molar-refractivity contribution is 0.638. The van der Waals surface area contributed by atoms with Gasteiger partial charge in [0.05, 0.1) is 0 Å². The lowest BCUT2D eigenvalue weighted by Crippen LogP contribution is -1.91. The standard InChI is InChI=1S/C9H12BrCl/c10-9(11)7-5-3-1-2-4-6-8(7)9/h1-6H2. The maximum absolute atomic E-state index is 6.20. The minimum Gasteiger partial charge on any atom is -0.0968 e. The minimum absolute atomic E-state index is 0.155. The second-order valence-electron chi connectivity index (χ2n) is 3.45. The van der Waals surface area contributed by atoms with Crippen molar-refractivity contribution in [2.45, 2.75) is 42.3 Å². The van der Waals surface area contributed by atoms with Crippen LogP contribution in [0.1, 0.15) is 38.5 Å². The quantitative estimate of drug-likeness (QED) is 0.440. The van der Waals surface area contributed by atoms with E-state index >= 15 is 0 Å². The van der Waals surface area contributed by atoms with Crippen molar-refractivity contribution in [2.24, 2.45) is 0 Å². The highest BCUT2D eigenvalue weighted by atomic mass is 79.9. The number of allylic oxidation sites excluding steroid dienone is 2. The molecule has 11 heavy (non-hydrogen) atoms. The normalized spacial score (nSPS) is 28.9. The summed E-state index contributed by atoms with van der Waals surface area (Å²) in [4.78, 5) is 0. The van der Waals surface area contributed by atoms with E-state index in [-0.39, 0.29) is 3.78 Å². The van der Waals surface area contributed by atoms with Gasteiger partial charge in [-0.25, -0.2) is 0 Å². The van der Waals surface area contributed by atoms with E-state index in [1.165, 1.54) is 49.7 Å². The zero-order chi connectivity index (χ0) is 7.90. The highest BCUT2D eigenvalue weighted by molar-refractivity contribution is 9.10. The molecule has 0 unspecified atom stereocenters. The third-order valence-electron chi connectivity index (χ3n) is 2.66. The van der Waals surface area contributed by atoms with E-state index in [1.807, 2.05) is 0 Å². The topological polar surface area (TPSA) is 0 Å². The monoisotopic (exact) mass is 234 g/mol. The van der Waals surface area contributed by atoms with Gasteiger partial charge in [0.1, 0.15) is 3.78 Å². The summed E-state index contributed by atoms with van der Waals surface area (Å²) in [5.74, 6) is 0. The van der Waals surface area contributed by atoms with E-state index in [9.17, 15) is 0 Å². The Balaban J connectivity index is 2.05. The average molecular weight is 236 g/mol. The first-order valence-electron chi connectivity index (χ1n) is 4.34. The first-order chi connectivity index (χ1) is 5.23. The molecule has 0 aromatic carbocycles. The Labute approximate surface area is 81.1 Å². The number of hydrogen-bond donors (Lipinski definition) is 0. The van der Waals surface area contributed by atoms with Crippen LogP contribution in [-0.2, 0) is 0 Å². The number of rotatable bonds is 0. The molecule has 2 aliphatic carbocycles. The second kappa shape index (κ2) is 2.77. The first kappa shape index (κ1) is 8.12. The molecule has 0 saturated carbocycles. The summed E-state index contributed by atoms with van der Waals surface area (Å²) in [5.41, 5.74) is 2.97. The molecule has 2 rings (SSSR count). The maximum Gasteiger partial charge on any atom is 0.142 e. The van der Waals surface area contributed by atoms with Crippen molar-refractivity contribution in [3.05, 3.63) is 11.1 Å². The summed E-state index contributed by atoms with van der Waals surface area (Å²) < 4.78 is -0.155. The van der Waals surface area contributed by atoms with Crippen molar-refractivity contribution >= 4 is 27.5 Å². The van der Waals surface area contributed by atoms with E-state index in [0.717, 1.165) is 0 Å². The van der Waals surface area contributed by atoms with E-state index in [0.29, 0.717) is 0 Å². The zero-order valence-electron chi connectivity index (χ0n) is 6.50. The highest BCUT2D eigenvalue weighted by Crippen LogP contribution is 2.59. The largest absolute Gasteiger partial charge is 0.142 e. The Morgan fingerprint density at radius 2 is 1.45 bits per heavy atom. The zero-order valence-corrected chi connectivity index (χ0v) is 8.84. The van der Waals surface area contributed by atoms with Crippen LogP contribution in [0.4, 0.5) is 0 Å². The van der Waals surface area contributed by atoms with Crippen molar-refractivity contribution in [2.75, 3.05) is 0 Å². The Kier molecular flexibility index (Phi) is 2.05. The van der Waals surface area contributed by atoms with Crippen LogP contribution in [0.15, 0.2) is 11.1 Å². The van der Waals surface area contributed by atoms with E-state index in [2.05, 4.69) is 15.9 Å². The van der Waals surface area contributed by atoms with Crippen LogP contribution in [0.3, 0.4) is 0 Å². The molecule has 0 heterocycles. The Morgan fingerprint density at radius 1 is 1.00 bits per heavy atom. The molecule has 2 aliphatic rings. The van der Waals surface area contributed by atoms with Crippen LogP contribution in [0.2, 0.25) is 0 Å². The van der Waals surface area contributed by atoms with Crippen LogP contribution in [0, 0.1) is 0 Å². The molecule has 0 atom stereocenters.